The summed E-state index contributed by atoms with van der Waals surface area (Å²) >= 11 is 2.88. The van der Waals surface area contributed by atoms with Crippen LogP contribution in [0.1, 0.15) is 5.56 Å². The van der Waals surface area contributed by atoms with Gasteiger partial charge in [-0.1, -0.05) is 42.1 Å². The summed E-state index contributed by atoms with van der Waals surface area (Å²) in [6, 6.07) is 13.4. The highest BCUT2D eigenvalue weighted by Crippen LogP contribution is 2.37. The molecule has 0 fully saturated rings. The highest BCUT2D eigenvalue weighted by atomic mass is 32.2. The van der Waals surface area contributed by atoms with Crippen molar-refractivity contribution >= 4 is 35.2 Å². The lowest BCUT2D eigenvalue weighted by Gasteiger charge is -2.12. The third-order valence-corrected chi connectivity index (χ3v) is 5.99. The van der Waals surface area contributed by atoms with E-state index in [0.29, 0.717) is 22.8 Å². The number of aromatic nitrogens is 1. The molecule has 0 aliphatic rings. The zero-order chi connectivity index (χ0) is 21.3. The van der Waals surface area contributed by atoms with Gasteiger partial charge >= 0.3 is 0 Å². The number of rotatable bonds is 9. The molecule has 3 aromatic rings. The number of amides is 1. The van der Waals surface area contributed by atoms with Gasteiger partial charge in [-0.25, -0.2) is 10.4 Å². The van der Waals surface area contributed by atoms with Crippen LogP contribution in [-0.4, -0.2) is 44.2 Å². The molecule has 0 saturated carbocycles. The summed E-state index contributed by atoms with van der Waals surface area (Å²) < 4.78 is 16.7. The predicted molar refractivity (Wildman–Crippen MR) is 120 cm³/mol. The van der Waals surface area contributed by atoms with E-state index in [0.717, 1.165) is 15.6 Å². The number of carbonyl (C=O) groups excluding carboxylic acids is 1. The van der Waals surface area contributed by atoms with Crippen molar-refractivity contribution in [2.24, 2.45) is 5.10 Å². The number of nitrogens with zero attached hydrogens (tertiary/aromatic N) is 2. The maximum absolute atomic E-state index is 12.1. The fraction of sp³-hybridized carbons (Fsp3) is 0.190. The van der Waals surface area contributed by atoms with Gasteiger partial charge in [-0.15, -0.1) is 11.3 Å². The standard InChI is InChI=1S/C21H21N3O4S2/c1-26-17-9-14(10-18(27-2)20(17)28-3)11-22-24-19(25)13-30-21-23-16(12-29-21)15-7-5-4-6-8-15/h4-12H,13H2,1-3H3,(H,24,25)/b22-11+. The minimum Gasteiger partial charge on any atom is -0.493 e. The van der Waals surface area contributed by atoms with E-state index < -0.39 is 0 Å². The maximum Gasteiger partial charge on any atom is 0.250 e. The molecule has 0 spiro atoms. The first kappa shape index (κ1) is 21.7. The molecule has 3 rings (SSSR count). The first-order valence-electron chi connectivity index (χ1n) is 8.90. The van der Waals surface area contributed by atoms with Gasteiger partial charge in [-0.3, -0.25) is 4.79 Å². The second-order valence-corrected chi connectivity index (χ2v) is 7.99. The van der Waals surface area contributed by atoms with Crippen LogP contribution < -0.4 is 19.6 Å². The molecule has 2 aromatic carbocycles. The molecule has 0 radical (unpaired) electrons. The Labute approximate surface area is 183 Å². The van der Waals surface area contributed by atoms with Crippen molar-refractivity contribution in [1.29, 1.82) is 0 Å². The number of hydrogen-bond donors (Lipinski definition) is 1. The topological polar surface area (TPSA) is 82.0 Å². The zero-order valence-electron chi connectivity index (χ0n) is 16.7. The highest BCUT2D eigenvalue weighted by Gasteiger charge is 2.12. The van der Waals surface area contributed by atoms with Crippen LogP contribution in [0.25, 0.3) is 11.3 Å². The number of benzene rings is 2. The monoisotopic (exact) mass is 443 g/mol. The highest BCUT2D eigenvalue weighted by molar-refractivity contribution is 8.01. The van der Waals surface area contributed by atoms with Crippen LogP contribution in [0.15, 0.2) is 57.3 Å². The summed E-state index contributed by atoms with van der Waals surface area (Å²) in [6.45, 7) is 0. The lowest BCUT2D eigenvalue weighted by atomic mass is 10.2. The number of carbonyl (C=O) groups is 1. The first-order valence-corrected chi connectivity index (χ1v) is 10.8. The predicted octanol–water partition coefficient (Wildman–Crippen LogP) is 4.08. The number of hydrazone groups is 1. The molecular weight excluding hydrogens is 422 g/mol. The van der Waals surface area contributed by atoms with E-state index in [1.807, 2.05) is 35.7 Å². The summed E-state index contributed by atoms with van der Waals surface area (Å²) in [5.41, 5.74) is 5.18. The van der Waals surface area contributed by atoms with Crippen molar-refractivity contribution in [3.05, 3.63) is 53.4 Å². The lowest BCUT2D eigenvalue weighted by molar-refractivity contribution is -0.118. The number of hydrogen-bond acceptors (Lipinski definition) is 8. The molecular formula is C21H21N3O4S2. The second kappa shape index (κ2) is 10.7. The number of thiazole rings is 1. The minimum absolute atomic E-state index is 0.217. The van der Waals surface area contributed by atoms with Crippen LogP contribution in [0.3, 0.4) is 0 Å². The van der Waals surface area contributed by atoms with Gasteiger partial charge in [0.15, 0.2) is 15.8 Å². The van der Waals surface area contributed by atoms with Crippen molar-refractivity contribution in [3.63, 3.8) is 0 Å². The summed E-state index contributed by atoms with van der Waals surface area (Å²) in [5.74, 6) is 1.52. The Kier molecular flexibility index (Phi) is 7.69. The third-order valence-electron chi connectivity index (χ3n) is 3.97. The van der Waals surface area contributed by atoms with Crippen molar-refractivity contribution in [3.8, 4) is 28.5 Å². The summed E-state index contributed by atoms with van der Waals surface area (Å²) in [5, 5.41) is 5.99. The molecule has 1 heterocycles. The molecule has 156 valence electrons. The smallest absolute Gasteiger partial charge is 0.250 e. The molecule has 0 bridgehead atoms. The molecule has 1 aromatic heterocycles. The fourth-order valence-electron chi connectivity index (χ4n) is 2.58. The number of ether oxygens (including phenoxy) is 3. The van der Waals surface area contributed by atoms with Gasteiger partial charge in [-0.2, -0.15) is 5.10 Å². The average molecular weight is 444 g/mol. The second-order valence-electron chi connectivity index (χ2n) is 5.91. The Morgan fingerprint density at radius 2 is 1.83 bits per heavy atom. The maximum atomic E-state index is 12.1. The van der Waals surface area contributed by atoms with E-state index in [9.17, 15) is 4.79 Å². The average Bonchev–Trinajstić information content (AvgIpc) is 3.26. The molecule has 30 heavy (non-hydrogen) atoms. The zero-order valence-corrected chi connectivity index (χ0v) is 18.4. The van der Waals surface area contributed by atoms with Crippen molar-refractivity contribution in [2.45, 2.75) is 4.34 Å². The quantitative estimate of drug-likeness (QED) is 0.305. The molecule has 1 N–H and O–H groups in total. The van der Waals surface area contributed by atoms with Gasteiger partial charge in [0.2, 0.25) is 5.75 Å². The summed E-state index contributed by atoms with van der Waals surface area (Å²) in [4.78, 5) is 16.7. The number of methoxy groups -OCH3 is 3. The molecule has 9 heteroatoms. The van der Waals surface area contributed by atoms with E-state index in [1.165, 1.54) is 36.4 Å². The van der Waals surface area contributed by atoms with Gasteiger partial charge in [0.1, 0.15) is 0 Å². The fourth-order valence-corrected chi connectivity index (χ4v) is 4.21. The Hall–Kier alpha value is -3.04. The van der Waals surface area contributed by atoms with E-state index in [-0.39, 0.29) is 11.7 Å². The van der Waals surface area contributed by atoms with Crippen molar-refractivity contribution in [2.75, 3.05) is 27.1 Å². The minimum atomic E-state index is -0.222. The molecule has 1 amide bonds. The van der Waals surface area contributed by atoms with Crippen molar-refractivity contribution in [1.82, 2.24) is 10.4 Å². The molecule has 7 nitrogen and oxygen atoms in total. The van der Waals surface area contributed by atoms with Crippen LogP contribution in [-0.2, 0) is 4.79 Å². The molecule has 0 aliphatic heterocycles. The number of thioether (sulfide) groups is 1. The Bertz CT molecular complexity index is 997. The molecule has 0 aliphatic carbocycles. The van der Waals surface area contributed by atoms with Gasteiger partial charge in [0.05, 0.1) is 39.0 Å². The Balaban J connectivity index is 1.55. The van der Waals surface area contributed by atoms with Gasteiger partial charge in [-0.05, 0) is 12.1 Å². The van der Waals surface area contributed by atoms with Gasteiger partial charge in [0, 0.05) is 16.5 Å². The van der Waals surface area contributed by atoms with Crippen molar-refractivity contribution < 1.29 is 19.0 Å². The van der Waals surface area contributed by atoms with E-state index in [2.05, 4.69) is 15.5 Å². The Morgan fingerprint density at radius 3 is 2.47 bits per heavy atom. The molecule has 0 saturated heterocycles. The Morgan fingerprint density at radius 1 is 1.13 bits per heavy atom. The van der Waals surface area contributed by atoms with Crippen LogP contribution in [0.2, 0.25) is 0 Å². The third kappa shape index (κ3) is 5.52. The van der Waals surface area contributed by atoms with Gasteiger partial charge < -0.3 is 14.2 Å². The SMILES string of the molecule is COc1cc(/C=N/NC(=O)CSc2nc(-c3ccccc3)cs2)cc(OC)c1OC. The van der Waals surface area contributed by atoms with E-state index >= 15 is 0 Å². The van der Waals surface area contributed by atoms with Crippen LogP contribution in [0.4, 0.5) is 0 Å². The number of nitrogens with one attached hydrogen (secondary N) is 1. The lowest BCUT2D eigenvalue weighted by Crippen LogP contribution is -2.19. The normalized spacial score (nSPS) is 10.8. The first-order chi connectivity index (χ1) is 14.6. The van der Waals surface area contributed by atoms with Crippen LogP contribution in [0.5, 0.6) is 17.2 Å². The summed E-state index contributed by atoms with van der Waals surface area (Å²) in [6.07, 6.45) is 1.52. The van der Waals surface area contributed by atoms with Crippen LogP contribution >= 0.6 is 23.1 Å². The summed E-state index contributed by atoms with van der Waals surface area (Å²) in [7, 11) is 4.62. The van der Waals surface area contributed by atoms with Gasteiger partial charge in [0.25, 0.3) is 5.91 Å². The van der Waals surface area contributed by atoms with Crippen LogP contribution in [0, 0.1) is 0 Å². The van der Waals surface area contributed by atoms with E-state index in [4.69, 9.17) is 14.2 Å². The largest absolute Gasteiger partial charge is 0.493 e. The molecule has 0 unspecified atom stereocenters. The molecule has 0 atom stereocenters. The van der Waals surface area contributed by atoms with E-state index in [1.54, 1.807) is 26.4 Å².